The Hall–Kier alpha value is -2.60. The maximum absolute atomic E-state index is 10.2. The number of carbonyl (C=O) groups excluding carboxylic acids is 1. The third-order valence-corrected chi connectivity index (χ3v) is 3.19. The number of hydrogen-bond acceptors (Lipinski definition) is 3. The van der Waals surface area contributed by atoms with Crippen molar-refractivity contribution in [2.45, 2.75) is 19.3 Å². The average molecular weight is 279 g/mol. The number of rotatable bonds is 7. The predicted octanol–water partition coefficient (Wildman–Crippen LogP) is 3.97. The Kier molecular flexibility index (Phi) is 5.54. The van der Waals surface area contributed by atoms with Gasteiger partial charge in [-0.15, -0.1) is 0 Å². The first-order chi connectivity index (χ1) is 10.3. The molecule has 2 aromatic carbocycles. The molecule has 0 heterocycles. The van der Waals surface area contributed by atoms with Gasteiger partial charge in [-0.3, -0.25) is 0 Å². The normalized spacial score (nSPS) is 9.86. The summed E-state index contributed by atoms with van der Waals surface area (Å²) < 4.78 is 5.62. The van der Waals surface area contributed by atoms with E-state index in [4.69, 9.17) is 10.00 Å². The molecule has 0 unspecified atom stereocenters. The van der Waals surface area contributed by atoms with Gasteiger partial charge in [-0.25, -0.2) is 0 Å². The Morgan fingerprint density at radius 1 is 0.952 bits per heavy atom. The third-order valence-electron chi connectivity index (χ3n) is 3.19. The van der Waals surface area contributed by atoms with Gasteiger partial charge in [0.05, 0.1) is 18.2 Å². The fraction of sp³-hybridized carbons (Fsp3) is 0.222. The van der Waals surface area contributed by atoms with Crippen LogP contribution in [0.5, 0.6) is 5.75 Å². The van der Waals surface area contributed by atoms with Crippen LogP contribution in [-0.2, 0) is 4.79 Å². The lowest BCUT2D eigenvalue weighted by Gasteiger charge is -2.07. The summed E-state index contributed by atoms with van der Waals surface area (Å²) in [6.45, 7) is 0.629. The first kappa shape index (κ1) is 14.8. The molecule has 0 spiro atoms. The molecule has 0 amide bonds. The van der Waals surface area contributed by atoms with Gasteiger partial charge in [0, 0.05) is 6.42 Å². The van der Waals surface area contributed by atoms with Gasteiger partial charge < -0.3 is 9.53 Å². The highest BCUT2D eigenvalue weighted by Crippen LogP contribution is 2.22. The molecule has 0 aliphatic rings. The lowest BCUT2D eigenvalue weighted by atomic mass is 10.0. The summed E-state index contributed by atoms with van der Waals surface area (Å²) in [5, 5.41) is 8.79. The number of hydrogen-bond donors (Lipinski definition) is 0. The van der Waals surface area contributed by atoms with E-state index < -0.39 is 0 Å². The molecule has 0 aliphatic carbocycles. The van der Waals surface area contributed by atoms with Crippen molar-refractivity contribution in [2.75, 3.05) is 6.61 Å². The quantitative estimate of drug-likeness (QED) is 0.569. The maximum Gasteiger partial charge on any atom is 0.119 e. The number of benzene rings is 2. The molecule has 3 heteroatoms. The first-order valence-corrected chi connectivity index (χ1v) is 7.00. The number of carbonyl (C=O) groups is 1. The van der Waals surface area contributed by atoms with Crippen LogP contribution >= 0.6 is 0 Å². The summed E-state index contributed by atoms with van der Waals surface area (Å²) in [5.41, 5.74) is 2.83. The average Bonchev–Trinajstić information content (AvgIpc) is 2.55. The second-order valence-corrected chi connectivity index (χ2v) is 4.72. The smallest absolute Gasteiger partial charge is 0.119 e. The van der Waals surface area contributed by atoms with E-state index in [1.807, 2.05) is 48.5 Å². The molecule has 0 aliphatic heterocycles. The molecule has 0 aromatic heterocycles. The van der Waals surface area contributed by atoms with Gasteiger partial charge in [0.2, 0.25) is 0 Å². The third kappa shape index (κ3) is 4.47. The van der Waals surface area contributed by atoms with Gasteiger partial charge in [-0.1, -0.05) is 24.3 Å². The van der Waals surface area contributed by atoms with Crippen LogP contribution in [0, 0.1) is 11.3 Å². The van der Waals surface area contributed by atoms with Gasteiger partial charge in [0.25, 0.3) is 0 Å². The minimum absolute atomic E-state index is 0.598. The highest BCUT2D eigenvalue weighted by atomic mass is 16.5. The van der Waals surface area contributed by atoms with E-state index in [0.717, 1.165) is 36.0 Å². The van der Waals surface area contributed by atoms with Gasteiger partial charge in [-0.2, -0.15) is 5.26 Å². The van der Waals surface area contributed by atoms with Crippen LogP contribution in [0.2, 0.25) is 0 Å². The van der Waals surface area contributed by atoms with E-state index in [9.17, 15) is 4.79 Å². The van der Waals surface area contributed by atoms with E-state index in [1.54, 1.807) is 0 Å². The maximum atomic E-state index is 10.2. The lowest BCUT2D eigenvalue weighted by molar-refractivity contribution is -0.107. The monoisotopic (exact) mass is 279 g/mol. The van der Waals surface area contributed by atoms with Gasteiger partial charge in [0.15, 0.2) is 0 Å². The minimum atomic E-state index is 0.598. The summed E-state index contributed by atoms with van der Waals surface area (Å²) in [4.78, 5) is 10.2. The van der Waals surface area contributed by atoms with Crippen molar-refractivity contribution in [3.05, 3.63) is 54.1 Å². The zero-order chi connectivity index (χ0) is 14.9. The summed E-state index contributed by atoms with van der Waals surface area (Å²) in [7, 11) is 0. The molecule has 0 saturated carbocycles. The predicted molar refractivity (Wildman–Crippen MR) is 82.0 cm³/mol. The van der Waals surface area contributed by atoms with Gasteiger partial charge >= 0.3 is 0 Å². The molecule has 2 rings (SSSR count). The second-order valence-electron chi connectivity index (χ2n) is 4.72. The van der Waals surface area contributed by atoms with Crippen molar-refractivity contribution in [3.8, 4) is 22.9 Å². The number of unbranched alkanes of at least 4 members (excludes halogenated alkanes) is 2. The Bertz CT molecular complexity index is 609. The summed E-state index contributed by atoms with van der Waals surface area (Å²) in [5.74, 6) is 0.832. The van der Waals surface area contributed by atoms with Crippen LogP contribution < -0.4 is 4.74 Å². The fourth-order valence-electron chi connectivity index (χ4n) is 2.00. The van der Waals surface area contributed by atoms with Crippen molar-refractivity contribution in [2.24, 2.45) is 0 Å². The van der Waals surface area contributed by atoms with Crippen LogP contribution in [0.3, 0.4) is 0 Å². The highest BCUT2D eigenvalue weighted by Gasteiger charge is 1.99. The molecule has 0 atom stereocenters. The molecule has 0 saturated heterocycles. The first-order valence-electron chi connectivity index (χ1n) is 7.00. The molecule has 106 valence electrons. The lowest BCUT2D eigenvalue weighted by Crippen LogP contribution is -1.97. The molecular weight excluding hydrogens is 262 g/mol. The topological polar surface area (TPSA) is 50.1 Å². The molecule has 0 fully saturated rings. The van der Waals surface area contributed by atoms with Gasteiger partial charge in [0.1, 0.15) is 12.0 Å². The van der Waals surface area contributed by atoms with Crippen LogP contribution in [0.1, 0.15) is 24.8 Å². The van der Waals surface area contributed by atoms with E-state index in [-0.39, 0.29) is 0 Å². The van der Waals surface area contributed by atoms with Crippen LogP contribution in [0.25, 0.3) is 11.1 Å². The highest BCUT2D eigenvalue weighted by molar-refractivity contribution is 5.64. The number of nitrogens with zero attached hydrogens (tertiary/aromatic N) is 1. The zero-order valence-corrected chi connectivity index (χ0v) is 11.8. The SMILES string of the molecule is N#Cc1ccc(-c2ccc(OCCCCC=O)cc2)cc1. The van der Waals surface area contributed by atoms with Crippen LogP contribution in [0.4, 0.5) is 0 Å². The minimum Gasteiger partial charge on any atom is -0.494 e. The largest absolute Gasteiger partial charge is 0.494 e. The van der Waals surface area contributed by atoms with E-state index >= 15 is 0 Å². The fourth-order valence-corrected chi connectivity index (χ4v) is 2.00. The van der Waals surface area contributed by atoms with E-state index in [0.29, 0.717) is 18.6 Å². The number of aldehydes is 1. The molecule has 2 aromatic rings. The zero-order valence-electron chi connectivity index (χ0n) is 11.8. The molecule has 3 nitrogen and oxygen atoms in total. The Morgan fingerprint density at radius 3 is 2.14 bits per heavy atom. The molecule has 0 N–H and O–H groups in total. The second kappa shape index (κ2) is 7.86. The van der Waals surface area contributed by atoms with Crippen molar-refractivity contribution in [3.63, 3.8) is 0 Å². The van der Waals surface area contributed by atoms with E-state index in [1.165, 1.54) is 0 Å². The Balaban J connectivity index is 1.92. The van der Waals surface area contributed by atoms with E-state index in [2.05, 4.69) is 6.07 Å². The molecule has 0 radical (unpaired) electrons. The number of nitriles is 1. The van der Waals surface area contributed by atoms with Crippen molar-refractivity contribution >= 4 is 6.29 Å². The van der Waals surface area contributed by atoms with Crippen LogP contribution in [0.15, 0.2) is 48.5 Å². The van der Waals surface area contributed by atoms with Crippen LogP contribution in [-0.4, -0.2) is 12.9 Å². The molecular formula is C18H17NO2. The number of ether oxygens (including phenoxy) is 1. The Morgan fingerprint density at radius 2 is 1.57 bits per heavy atom. The van der Waals surface area contributed by atoms with Gasteiger partial charge in [-0.05, 0) is 48.2 Å². The molecule has 0 bridgehead atoms. The Labute approximate surface area is 124 Å². The summed E-state index contributed by atoms with van der Waals surface area (Å²) in [6, 6.07) is 17.5. The van der Waals surface area contributed by atoms with Crippen molar-refractivity contribution in [1.82, 2.24) is 0 Å². The van der Waals surface area contributed by atoms with Crippen molar-refractivity contribution < 1.29 is 9.53 Å². The summed E-state index contributed by atoms with van der Waals surface area (Å²) >= 11 is 0. The summed E-state index contributed by atoms with van der Waals surface area (Å²) in [6.07, 6.45) is 3.29. The standard InChI is InChI=1S/C18H17NO2/c19-14-15-4-6-16(7-5-15)17-8-10-18(11-9-17)21-13-3-1-2-12-20/h4-12H,1-3,13H2. The van der Waals surface area contributed by atoms with Crippen molar-refractivity contribution in [1.29, 1.82) is 5.26 Å². The molecule has 21 heavy (non-hydrogen) atoms.